The van der Waals surface area contributed by atoms with Crippen molar-refractivity contribution in [3.63, 3.8) is 0 Å². The minimum absolute atomic E-state index is 0.130. The van der Waals surface area contributed by atoms with Crippen molar-refractivity contribution in [2.75, 3.05) is 0 Å². The van der Waals surface area contributed by atoms with Gasteiger partial charge in [0.05, 0.1) is 0 Å². The molecule has 0 spiro atoms. The molecule has 0 bridgehead atoms. The Labute approximate surface area is 85.5 Å². The molecule has 0 amide bonds. The maximum Gasteiger partial charge on any atom is 0.155 e. The van der Waals surface area contributed by atoms with Gasteiger partial charge in [-0.3, -0.25) is 4.79 Å². The van der Waals surface area contributed by atoms with E-state index < -0.39 is 0 Å². The van der Waals surface area contributed by atoms with Gasteiger partial charge in [-0.2, -0.15) is 0 Å². The summed E-state index contributed by atoms with van der Waals surface area (Å²) < 4.78 is 0. The number of Topliss-reactive ketones (excluding diaryl/α,β-unsaturated/α-hetero) is 1. The summed E-state index contributed by atoms with van der Waals surface area (Å²) in [6, 6.07) is 6.24. The molecule has 1 nitrogen and oxygen atoms in total. The fraction of sp³-hybridized carbons (Fsp3) is 0.308. The highest BCUT2D eigenvalue weighted by Crippen LogP contribution is 2.14. The summed E-state index contributed by atoms with van der Waals surface area (Å²) in [5, 5.41) is 0. The number of hydrogen-bond acceptors (Lipinski definition) is 1. The molecule has 0 saturated carbocycles. The van der Waals surface area contributed by atoms with Gasteiger partial charge in [-0.15, -0.1) is 0 Å². The Balaban J connectivity index is 3.09. The van der Waals surface area contributed by atoms with Crippen LogP contribution in [-0.4, -0.2) is 5.78 Å². The average molecular weight is 188 g/mol. The molecule has 1 rings (SSSR count). The van der Waals surface area contributed by atoms with Crippen molar-refractivity contribution >= 4 is 11.9 Å². The molecular weight excluding hydrogens is 172 g/mol. The van der Waals surface area contributed by atoms with Gasteiger partial charge in [0.25, 0.3) is 0 Å². The zero-order valence-corrected chi connectivity index (χ0v) is 9.22. The highest BCUT2D eigenvalue weighted by molar-refractivity contribution is 5.97. The Morgan fingerprint density at radius 2 is 1.86 bits per heavy atom. The fourth-order valence-electron chi connectivity index (χ4n) is 1.32. The number of allylic oxidation sites excluding steroid dienone is 1. The molecule has 1 aromatic rings. The summed E-state index contributed by atoms with van der Waals surface area (Å²) in [6.07, 6.45) is 1.94. The van der Waals surface area contributed by atoms with Crippen LogP contribution in [0.3, 0.4) is 0 Å². The summed E-state index contributed by atoms with van der Waals surface area (Å²) >= 11 is 0. The zero-order valence-electron chi connectivity index (χ0n) is 9.22. The van der Waals surface area contributed by atoms with E-state index in [2.05, 4.69) is 32.0 Å². The molecule has 14 heavy (non-hydrogen) atoms. The molecule has 0 aromatic heterocycles. The monoisotopic (exact) mass is 188 g/mol. The Kier molecular flexibility index (Phi) is 3.23. The van der Waals surface area contributed by atoms with Crippen molar-refractivity contribution in [3.05, 3.63) is 40.5 Å². The molecule has 0 radical (unpaired) electrons. The smallest absolute Gasteiger partial charge is 0.155 e. The molecular formula is C13H16O. The van der Waals surface area contributed by atoms with Crippen molar-refractivity contribution < 1.29 is 4.79 Å². The van der Waals surface area contributed by atoms with Gasteiger partial charge in [-0.25, -0.2) is 0 Å². The molecule has 0 aliphatic rings. The van der Waals surface area contributed by atoms with E-state index in [1.54, 1.807) is 6.92 Å². The van der Waals surface area contributed by atoms with Gasteiger partial charge in [0.1, 0.15) is 0 Å². The van der Waals surface area contributed by atoms with Gasteiger partial charge in [0.15, 0.2) is 5.78 Å². The molecule has 0 N–H and O–H groups in total. The van der Waals surface area contributed by atoms with Crippen molar-refractivity contribution in [2.45, 2.75) is 27.7 Å². The molecule has 0 fully saturated rings. The molecule has 0 unspecified atom stereocenters. The predicted molar refractivity (Wildman–Crippen MR) is 60.2 cm³/mol. The fourth-order valence-corrected chi connectivity index (χ4v) is 1.32. The van der Waals surface area contributed by atoms with Crippen LogP contribution >= 0.6 is 0 Å². The van der Waals surface area contributed by atoms with Gasteiger partial charge < -0.3 is 0 Å². The maximum atomic E-state index is 11.1. The molecule has 1 heteroatoms. The SMILES string of the molecule is CC(=O)/C(C)=C/c1ccc(C)cc1C. The number of aryl methyl sites for hydroxylation is 2. The topological polar surface area (TPSA) is 17.1 Å². The van der Waals surface area contributed by atoms with Crippen LogP contribution in [0.25, 0.3) is 6.08 Å². The van der Waals surface area contributed by atoms with Crippen molar-refractivity contribution in [3.8, 4) is 0 Å². The van der Waals surface area contributed by atoms with E-state index in [4.69, 9.17) is 0 Å². The van der Waals surface area contributed by atoms with Crippen LogP contribution in [0.15, 0.2) is 23.8 Å². The Morgan fingerprint density at radius 3 is 2.36 bits per heavy atom. The van der Waals surface area contributed by atoms with E-state index in [1.807, 2.05) is 13.0 Å². The number of rotatable bonds is 2. The van der Waals surface area contributed by atoms with Gasteiger partial charge in [0.2, 0.25) is 0 Å². The third-order valence-corrected chi connectivity index (χ3v) is 2.35. The quantitative estimate of drug-likeness (QED) is 0.651. The van der Waals surface area contributed by atoms with Crippen molar-refractivity contribution in [1.82, 2.24) is 0 Å². The first-order valence-corrected chi connectivity index (χ1v) is 4.77. The van der Waals surface area contributed by atoms with Crippen molar-refractivity contribution in [1.29, 1.82) is 0 Å². The van der Waals surface area contributed by atoms with E-state index in [-0.39, 0.29) is 5.78 Å². The summed E-state index contributed by atoms with van der Waals surface area (Å²) in [4.78, 5) is 11.1. The number of benzene rings is 1. The molecule has 0 aliphatic heterocycles. The third kappa shape index (κ3) is 2.56. The molecule has 0 saturated heterocycles. The zero-order chi connectivity index (χ0) is 10.7. The molecule has 1 aromatic carbocycles. The number of ketones is 1. The van der Waals surface area contributed by atoms with E-state index in [0.717, 1.165) is 11.1 Å². The van der Waals surface area contributed by atoms with Crippen LogP contribution in [0, 0.1) is 13.8 Å². The van der Waals surface area contributed by atoms with Gasteiger partial charge in [0, 0.05) is 0 Å². The lowest BCUT2D eigenvalue weighted by molar-refractivity contribution is -0.113. The largest absolute Gasteiger partial charge is 0.295 e. The van der Waals surface area contributed by atoms with Crippen LogP contribution in [0.4, 0.5) is 0 Å². The molecule has 0 aliphatic carbocycles. The summed E-state index contributed by atoms with van der Waals surface area (Å²) in [5.41, 5.74) is 4.39. The van der Waals surface area contributed by atoms with Gasteiger partial charge in [-0.1, -0.05) is 23.8 Å². The second kappa shape index (κ2) is 4.23. The summed E-state index contributed by atoms with van der Waals surface area (Å²) in [7, 11) is 0. The second-order valence-corrected chi connectivity index (χ2v) is 3.74. The Hall–Kier alpha value is -1.37. The summed E-state index contributed by atoms with van der Waals surface area (Å²) in [6.45, 7) is 7.57. The predicted octanol–water partition coefficient (Wildman–Crippen LogP) is 3.30. The minimum atomic E-state index is 0.130. The number of carbonyl (C=O) groups is 1. The van der Waals surface area contributed by atoms with Crippen LogP contribution in [0.5, 0.6) is 0 Å². The van der Waals surface area contributed by atoms with Gasteiger partial charge >= 0.3 is 0 Å². The highest BCUT2D eigenvalue weighted by atomic mass is 16.1. The third-order valence-electron chi connectivity index (χ3n) is 2.35. The van der Waals surface area contributed by atoms with Crippen molar-refractivity contribution in [2.24, 2.45) is 0 Å². The normalized spacial score (nSPS) is 11.6. The molecule has 0 atom stereocenters. The highest BCUT2D eigenvalue weighted by Gasteiger charge is 1.99. The first kappa shape index (κ1) is 10.7. The molecule has 74 valence electrons. The minimum Gasteiger partial charge on any atom is -0.295 e. The van der Waals surface area contributed by atoms with Crippen LogP contribution in [-0.2, 0) is 4.79 Å². The van der Waals surface area contributed by atoms with Crippen LogP contribution in [0.1, 0.15) is 30.5 Å². The summed E-state index contributed by atoms with van der Waals surface area (Å²) in [5.74, 6) is 0.130. The van der Waals surface area contributed by atoms with E-state index in [1.165, 1.54) is 11.1 Å². The van der Waals surface area contributed by atoms with E-state index >= 15 is 0 Å². The maximum absolute atomic E-state index is 11.1. The van der Waals surface area contributed by atoms with Crippen LogP contribution in [0.2, 0.25) is 0 Å². The standard InChI is InChI=1S/C13H16O/c1-9-5-6-13(11(3)7-9)8-10(2)12(4)14/h5-8H,1-4H3/b10-8+. The number of hydrogen-bond donors (Lipinski definition) is 0. The average Bonchev–Trinajstić information content (AvgIpc) is 2.09. The lowest BCUT2D eigenvalue weighted by Gasteiger charge is -2.02. The number of carbonyl (C=O) groups excluding carboxylic acids is 1. The van der Waals surface area contributed by atoms with Crippen LogP contribution < -0.4 is 0 Å². The first-order chi connectivity index (χ1) is 6.50. The lowest BCUT2D eigenvalue weighted by Crippen LogP contribution is -1.92. The van der Waals surface area contributed by atoms with Gasteiger partial charge in [-0.05, 0) is 50.5 Å². The molecule has 0 heterocycles. The van der Waals surface area contributed by atoms with E-state index in [0.29, 0.717) is 0 Å². The Morgan fingerprint density at radius 1 is 1.21 bits per heavy atom. The first-order valence-electron chi connectivity index (χ1n) is 4.77. The second-order valence-electron chi connectivity index (χ2n) is 3.74. The van der Waals surface area contributed by atoms with E-state index in [9.17, 15) is 4.79 Å². The Bertz CT molecular complexity index is 386. The lowest BCUT2D eigenvalue weighted by atomic mass is 10.0.